The van der Waals surface area contributed by atoms with Crippen molar-refractivity contribution in [3.8, 4) is 0 Å². The van der Waals surface area contributed by atoms with Crippen molar-refractivity contribution < 1.29 is 19.5 Å². The Labute approximate surface area is 141 Å². The molecule has 0 saturated carbocycles. The molecule has 0 radical (unpaired) electrons. The maximum absolute atomic E-state index is 12.3. The average Bonchev–Trinajstić information content (AvgIpc) is 2.59. The second-order valence-corrected chi connectivity index (χ2v) is 5.62. The Balaban J connectivity index is 2.43. The van der Waals surface area contributed by atoms with Crippen molar-refractivity contribution in [1.29, 1.82) is 0 Å². The van der Waals surface area contributed by atoms with Crippen molar-refractivity contribution in [3.05, 3.63) is 70.8 Å². The molecule has 24 heavy (non-hydrogen) atoms. The van der Waals surface area contributed by atoms with Crippen molar-refractivity contribution >= 4 is 11.9 Å². The first-order valence-corrected chi connectivity index (χ1v) is 7.63. The number of aryl methyl sites for hydroxylation is 1. The number of carboxylic acid groups (broad SMARTS) is 1. The lowest BCUT2D eigenvalue weighted by atomic mass is 9.85. The summed E-state index contributed by atoms with van der Waals surface area (Å²) in [6.45, 7) is 1.86. The quantitative estimate of drug-likeness (QED) is 0.827. The van der Waals surface area contributed by atoms with Crippen LogP contribution in [0.15, 0.2) is 48.5 Å². The molecule has 1 atom stereocenters. The summed E-state index contributed by atoms with van der Waals surface area (Å²) < 4.78 is 0. The molecule has 0 fully saturated rings. The van der Waals surface area contributed by atoms with Gasteiger partial charge in [0.15, 0.2) is 0 Å². The van der Waals surface area contributed by atoms with Gasteiger partial charge < -0.3 is 5.11 Å². The van der Waals surface area contributed by atoms with E-state index in [-0.39, 0.29) is 23.8 Å². The monoisotopic (exact) mass is 327 g/mol. The molecular formula is C19H21NO4. The summed E-state index contributed by atoms with van der Waals surface area (Å²) in [5.74, 6) is -1.27. The van der Waals surface area contributed by atoms with Gasteiger partial charge in [0.2, 0.25) is 5.91 Å². The van der Waals surface area contributed by atoms with Crippen LogP contribution in [-0.4, -0.2) is 36.2 Å². The van der Waals surface area contributed by atoms with Crippen LogP contribution in [0.25, 0.3) is 0 Å². The Bertz CT molecular complexity index is 727. The van der Waals surface area contributed by atoms with Crippen LogP contribution in [0, 0.1) is 6.92 Å². The van der Waals surface area contributed by atoms with Gasteiger partial charge >= 0.3 is 5.97 Å². The Morgan fingerprint density at radius 3 is 2.38 bits per heavy atom. The number of aromatic carboxylic acids is 1. The lowest BCUT2D eigenvalue weighted by molar-refractivity contribution is -0.168. The molecule has 5 heteroatoms. The summed E-state index contributed by atoms with van der Waals surface area (Å²) in [5, 5.41) is 10.3. The summed E-state index contributed by atoms with van der Waals surface area (Å²) in [4.78, 5) is 28.4. The van der Waals surface area contributed by atoms with Crippen LogP contribution in [0.2, 0.25) is 0 Å². The molecule has 126 valence electrons. The van der Waals surface area contributed by atoms with Crippen molar-refractivity contribution in [2.45, 2.75) is 19.3 Å². The molecule has 0 spiro atoms. The molecule has 0 heterocycles. The van der Waals surface area contributed by atoms with Crippen LogP contribution >= 0.6 is 0 Å². The Morgan fingerprint density at radius 2 is 1.83 bits per heavy atom. The molecule has 0 saturated heterocycles. The summed E-state index contributed by atoms with van der Waals surface area (Å²) in [6, 6.07) is 14.7. The number of carbonyl (C=O) groups excluding carboxylic acids is 1. The molecule has 0 aliphatic heterocycles. The van der Waals surface area contributed by atoms with Crippen molar-refractivity contribution in [1.82, 2.24) is 5.06 Å². The Hall–Kier alpha value is -2.66. The van der Waals surface area contributed by atoms with E-state index in [2.05, 4.69) is 0 Å². The van der Waals surface area contributed by atoms with E-state index in [1.165, 1.54) is 12.2 Å². The SMILES string of the molecule is CON(C)C(=O)C[C@H](c1ccccc1)c1ccc(C(=O)O)cc1C. The standard InChI is InChI=1S/C19H21NO4/c1-13-11-15(19(22)23)9-10-16(13)17(12-18(21)20(2)24-3)14-7-5-4-6-8-14/h4-11,17H,12H2,1-3H3,(H,22,23)/t17-/m1/s1. The number of nitrogens with zero attached hydrogens (tertiary/aromatic N) is 1. The highest BCUT2D eigenvalue weighted by Crippen LogP contribution is 2.31. The summed E-state index contributed by atoms with van der Waals surface area (Å²) >= 11 is 0. The van der Waals surface area contributed by atoms with Gasteiger partial charge in [-0.15, -0.1) is 0 Å². The predicted molar refractivity (Wildman–Crippen MR) is 90.8 cm³/mol. The minimum Gasteiger partial charge on any atom is -0.478 e. The fourth-order valence-electron chi connectivity index (χ4n) is 2.70. The molecule has 0 aliphatic rings. The van der Waals surface area contributed by atoms with E-state index in [1.54, 1.807) is 25.2 Å². The molecule has 0 bridgehead atoms. The third kappa shape index (κ3) is 4.00. The number of hydrogen-bond acceptors (Lipinski definition) is 3. The molecule has 2 aromatic carbocycles. The number of carboxylic acids is 1. The van der Waals surface area contributed by atoms with Crippen LogP contribution in [0.4, 0.5) is 0 Å². The molecule has 0 aromatic heterocycles. The number of amides is 1. The minimum atomic E-state index is -0.962. The Morgan fingerprint density at radius 1 is 1.17 bits per heavy atom. The number of hydrogen-bond donors (Lipinski definition) is 1. The minimum absolute atomic E-state index is 0.145. The third-order valence-electron chi connectivity index (χ3n) is 4.10. The van der Waals surface area contributed by atoms with E-state index in [0.717, 1.165) is 16.7 Å². The topological polar surface area (TPSA) is 66.8 Å². The van der Waals surface area contributed by atoms with Gasteiger partial charge in [0.1, 0.15) is 0 Å². The van der Waals surface area contributed by atoms with Crippen molar-refractivity contribution in [2.75, 3.05) is 14.2 Å². The van der Waals surface area contributed by atoms with E-state index >= 15 is 0 Å². The molecule has 0 aliphatic carbocycles. The van der Waals surface area contributed by atoms with E-state index in [9.17, 15) is 9.59 Å². The smallest absolute Gasteiger partial charge is 0.335 e. The van der Waals surface area contributed by atoms with Crippen LogP contribution in [0.3, 0.4) is 0 Å². The van der Waals surface area contributed by atoms with E-state index in [4.69, 9.17) is 9.94 Å². The summed E-state index contributed by atoms with van der Waals surface area (Å²) in [6.07, 6.45) is 0.238. The highest BCUT2D eigenvalue weighted by Gasteiger charge is 2.22. The normalized spacial score (nSPS) is 11.8. The molecule has 2 aromatic rings. The first-order chi connectivity index (χ1) is 11.4. The van der Waals surface area contributed by atoms with Crippen LogP contribution in [0.5, 0.6) is 0 Å². The summed E-state index contributed by atoms with van der Waals surface area (Å²) in [7, 11) is 3.02. The Kier molecular flexibility index (Phi) is 5.71. The van der Waals surface area contributed by atoms with Gasteiger partial charge in [0, 0.05) is 19.4 Å². The number of hydroxylamine groups is 2. The second-order valence-electron chi connectivity index (χ2n) is 5.62. The highest BCUT2D eigenvalue weighted by atomic mass is 16.7. The van der Waals surface area contributed by atoms with Gasteiger partial charge in [0.25, 0.3) is 0 Å². The lowest BCUT2D eigenvalue weighted by Gasteiger charge is -2.22. The number of benzene rings is 2. The molecular weight excluding hydrogens is 306 g/mol. The van der Waals surface area contributed by atoms with E-state index in [0.29, 0.717) is 0 Å². The molecule has 1 amide bonds. The first kappa shape index (κ1) is 17.7. The van der Waals surface area contributed by atoms with Crippen LogP contribution in [0.1, 0.15) is 39.4 Å². The van der Waals surface area contributed by atoms with Gasteiger partial charge in [0.05, 0.1) is 12.7 Å². The first-order valence-electron chi connectivity index (χ1n) is 7.63. The van der Waals surface area contributed by atoms with Crippen molar-refractivity contribution in [2.24, 2.45) is 0 Å². The highest BCUT2D eigenvalue weighted by molar-refractivity contribution is 5.88. The summed E-state index contributed by atoms with van der Waals surface area (Å²) in [5.41, 5.74) is 3.02. The van der Waals surface area contributed by atoms with E-state index < -0.39 is 5.97 Å². The third-order valence-corrected chi connectivity index (χ3v) is 4.10. The largest absolute Gasteiger partial charge is 0.478 e. The molecule has 0 unspecified atom stereocenters. The van der Waals surface area contributed by atoms with Gasteiger partial charge in [-0.25, -0.2) is 9.86 Å². The zero-order valence-corrected chi connectivity index (χ0v) is 14.0. The van der Waals surface area contributed by atoms with Crippen LogP contribution < -0.4 is 0 Å². The molecule has 2 rings (SSSR count). The second kappa shape index (κ2) is 7.75. The zero-order chi connectivity index (χ0) is 17.7. The maximum atomic E-state index is 12.3. The molecule has 5 nitrogen and oxygen atoms in total. The van der Waals surface area contributed by atoms with Gasteiger partial charge in [-0.1, -0.05) is 36.4 Å². The zero-order valence-electron chi connectivity index (χ0n) is 14.0. The van der Waals surface area contributed by atoms with Gasteiger partial charge in [-0.2, -0.15) is 0 Å². The average molecular weight is 327 g/mol. The lowest BCUT2D eigenvalue weighted by Crippen LogP contribution is -2.27. The van der Waals surface area contributed by atoms with Gasteiger partial charge in [-0.05, 0) is 35.7 Å². The fourth-order valence-corrected chi connectivity index (χ4v) is 2.70. The van der Waals surface area contributed by atoms with Crippen molar-refractivity contribution in [3.63, 3.8) is 0 Å². The van der Waals surface area contributed by atoms with E-state index in [1.807, 2.05) is 37.3 Å². The number of rotatable bonds is 6. The number of carbonyl (C=O) groups is 2. The fraction of sp³-hybridized carbons (Fsp3) is 0.263. The van der Waals surface area contributed by atoms with Crippen LogP contribution in [-0.2, 0) is 9.63 Å². The predicted octanol–water partition coefficient (Wildman–Crippen LogP) is 3.24. The van der Waals surface area contributed by atoms with Gasteiger partial charge in [-0.3, -0.25) is 9.63 Å². The maximum Gasteiger partial charge on any atom is 0.335 e. The molecule has 1 N–H and O–H groups in total.